The summed E-state index contributed by atoms with van der Waals surface area (Å²) in [6.45, 7) is 3.01. The van der Waals surface area contributed by atoms with Gasteiger partial charge >= 0.3 is 0 Å². The summed E-state index contributed by atoms with van der Waals surface area (Å²) in [5.41, 5.74) is 3.87. The molecule has 2 aromatic carbocycles. The second kappa shape index (κ2) is 6.74. The zero-order valence-corrected chi connectivity index (χ0v) is 16.0. The van der Waals surface area contributed by atoms with Gasteiger partial charge in [0.05, 0.1) is 16.7 Å². The monoisotopic (exact) mass is 384 g/mol. The number of H-pyrrole nitrogens is 1. The van der Waals surface area contributed by atoms with E-state index in [0.29, 0.717) is 16.8 Å². The highest BCUT2D eigenvalue weighted by Crippen LogP contribution is 2.37. The molecule has 2 amide bonds. The molecule has 0 saturated heterocycles. The Labute approximate surface area is 167 Å². The van der Waals surface area contributed by atoms with Crippen molar-refractivity contribution in [2.24, 2.45) is 0 Å². The van der Waals surface area contributed by atoms with Crippen LogP contribution in [-0.4, -0.2) is 26.6 Å². The van der Waals surface area contributed by atoms with E-state index in [9.17, 15) is 9.59 Å². The van der Waals surface area contributed by atoms with E-state index in [1.54, 1.807) is 0 Å². The molecule has 0 aliphatic carbocycles. The van der Waals surface area contributed by atoms with Crippen molar-refractivity contribution in [3.63, 3.8) is 0 Å². The van der Waals surface area contributed by atoms with E-state index in [0.717, 1.165) is 46.8 Å². The predicted molar refractivity (Wildman–Crippen MR) is 113 cm³/mol. The van der Waals surface area contributed by atoms with E-state index >= 15 is 0 Å². The summed E-state index contributed by atoms with van der Waals surface area (Å²) >= 11 is 0. The van der Waals surface area contributed by atoms with Crippen LogP contribution in [0.15, 0.2) is 54.7 Å². The lowest BCUT2D eigenvalue weighted by Gasteiger charge is -2.02. The van der Waals surface area contributed by atoms with Crippen molar-refractivity contribution >= 4 is 44.8 Å². The summed E-state index contributed by atoms with van der Waals surface area (Å²) in [5, 5.41) is 11.6. The molecule has 29 heavy (non-hydrogen) atoms. The first-order valence-corrected chi connectivity index (χ1v) is 9.80. The van der Waals surface area contributed by atoms with Gasteiger partial charge in [-0.1, -0.05) is 49.7 Å². The summed E-state index contributed by atoms with van der Waals surface area (Å²) in [5.74, 6) is -0.789. The second-order valence-electron chi connectivity index (χ2n) is 7.26. The van der Waals surface area contributed by atoms with Crippen molar-refractivity contribution < 1.29 is 9.59 Å². The maximum atomic E-state index is 12.9. The van der Waals surface area contributed by atoms with Gasteiger partial charge in [-0.15, -0.1) is 0 Å². The number of unbranched alkanes of at least 4 members (excludes halogenated alkanes) is 1. The van der Waals surface area contributed by atoms with Crippen LogP contribution in [0.2, 0.25) is 0 Å². The number of imide groups is 1. The quantitative estimate of drug-likeness (QED) is 0.513. The van der Waals surface area contributed by atoms with Gasteiger partial charge in [0.2, 0.25) is 0 Å². The van der Waals surface area contributed by atoms with Crippen LogP contribution in [0, 0.1) is 0 Å². The van der Waals surface area contributed by atoms with Crippen molar-refractivity contribution in [1.82, 2.24) is 20.1 Å². The fraction of sp³-hybridized carbons (Fsp3) is 0.174. The summed E-state index contributed by atoms with van der Waals surface area (Å²) in [6.07, 6.45) is 4.11. The predicted octanol–water partition coefficient (Wildman–Crippen LogP) is 3.88. The van der Waals surface area contributed by atoms with Crippen molar-refractivity contribution in [2.75, 3.05) is 0 Å². The molecule has 4 aromatic rings. The SMILES string of the molecule is CCCCn1cc(C2=C(c3n[nH]c4ccccc34)C(=O)NC2=O)c2ccccc21. The van der Waals surface area contributed by atoms with Crippen LogP contribution in [0.25, 0.3) is 33.0 Å². The molecule has 0 unspecified atom stereocenters. The molecule has 0 atom stereocenters. The number of hydrogen-bond acceptors (Lipinski definition) is 3. The number of hydrogen-bond donors (Lipinski definition) is 2. The molecule has 2 N–H and O–H groups in total. The standard InChI is InChI=1S/C23H20N4O2/c1-2-3-12-27-13-16(14-8-5-7-11-18(14)27)19-20(23(29)24-22(19)28)21-15-9-4-6-10-17(15)25-26-21/h4-11,13H,2-3,12H2,1H3,(H,25,26)(H,24,28,29). The Kier molecular flexibility index (Phi) is 4.05. The second-order valence-corrected chi connectivity index (χ2v) is 7.26. The first-order valence-electron chi connectivity index (χ1n) is 9.80. The molecule has 144 valence electrons. The molecule has 0 spiro atoms. The summed E-state index contributed by atoms with van der Waals surface area (Å²) < 4.78 is 2.16. The zero-order valence-electron chi connectivity index (χ0n) is 16.0. The minimum absolute atomic E-state index is 0.325. The van der Waals surface area contributed by atoms with Gasteiger partial charge in [-0.2, -0.15) is 5.10 Å². The van der Waals surface area contributed by atoms with Crippen LogP contribution in [0.5, 0.6) is 0 Å². The molecule has 1 aliphatic rings. The zero-order chi connectivity index (χ0) is 20.0. The molecule has 6 heteroatoms. The fourth-order valence-electron chi connectivity index (χ4n) is 4.05. The number of benzene rings is 2. The van der Waals surface area contributed by atoms with Crippen LogP contribution in [0.1, 0.15) is 31.0 Å². The number of aryl methyl sites for hydroxylation is 1. The van der Waals surface area contributed by atoms with Gasteiger partial charge in [0.1, 0.15) is 5.69 Å². The van der Waals surface area contributed by atoms with E-state index in [1.165, 1.54) is 0 Å². The van der Waals surface area contributed by atoms with Gasteiger partial charge in [-0.3, -0.25) is 20.0 Å². The summed E-state index contributed by atoms with van der Waals surface area (Å²) in [6, 6.07) is 15.6. The highest BCUT2D eigenvalue weighted by molar-refractivity contribution is 6.50. The topological polar surface area (TPSA) is 79.8 Å². The summed E-state index contributed by atoms with van der Waals surface area (Å²) in [7, 11) is 0. The van der Waals surface area contributed by atoms with Crippen LogP contribution in [-0.2, 0) is 16.1 Å². The normalized spacial score (nSPS) is 14.4. The fourth-order valence-corrected chi connectivity index (χ4v) is 4.05. The third-order valence-electron chi connectivity index (χ3n) is 5.45. The van der Waals surface area contributed by atoms with E-state index in [2.05, 4.69) is 27.0 Å². The van der Waals surface area contributed by atoms with Crippen molar-refractivity contribution in [3.8, 4) is 0 Å². The van der Waals surface area contributed by atoms with Crippen LogP contribution in [0.4, 0.5) is 0 Å². The number of rotatable bonds is 5. The number of amides is 2. The Hall–Kier alpha value is -3.67. The average molecular weight is 384 g/mol. The van der Waals surface area contributed by atoms with Gasteiger partial charge in [0, 0.05) is 34.6 Å². The lowest BCUT2D eigenvalue weighted by Crippen LogP contribution is -2.22. The van der Waals surface area contributed by atoms with E-state index in [-0.39, 0.29) is 5.91 Å². The molecule has 0 bridgehead atoms. The molecule has 5 rings (SSSR count). The van der Waals surface area contributed by atoms with Gasteiger partial charge < -0.3 is 4.57 Å². The van der Waals surface area contributed by atoms with Crippen LogP contribution in [0.3, 0.4) is 0 Å². The largest absolute Gasteiger partial charge is 0.347 e. The Balaban J connectivity index is 1.79. The number of carbonyl (C=O) groups is 2. The van der Waals surface area contributed by atoms with Crippen molar-refractivity contribution in [3.05, 3.63) is 66.0 Å². The number of aromatic nitrogens is 3. The van der Waals surface area contributed by atoms with Crippen LogP contribution >= 0.6 is 0 Å². The van der Waals surface area contributed by atoms with E-state index in [1.807, 2.05) is 54.7 Å². The molecular weight excluding hydrogens is 364 g/mol. The van der Waals surface area contributed by atoms with Crippen molar-refractivity contribution in [2.45, 2.75) is 26.3 Å². The molecule has 2 aromatic heterocycles. The molecule has 0 saturated carbocycles. The Morgan fingerprint density at radius 2 is 1.66 bits per heavy atom. The number of para-hydroxylation sites is 2. The molecule has 1 aliphatic heterocycles. The van der Waals surface area contributed by atoms with Gasteiger partial charge in [-0.05, 0) is 18.6 Å². The molecule has 6 nitrogen and oxygen atoms in total. The lowest BCUT2D eigenvalue weighted by atomic mass is 9.97. The first kappa shape index (κ1) is 17.4. The van der Waals surface area contributed by atoms with Gasteiger partial charge in [0.15, 0.2) is 0 Å². The molecule has 3 heterocycles. The highest BCUT2D eigenvalue weighted by Gasteiger charge is 2.35. The minimum atomic E-state index is -0.410. The maximum Gasteiger partial charge on any atom is 0.261 e. The Bertz CT molecular complexity index is 1310. The highest BCUT2D eigenvalue weighted by atomic mass is 16.2. The Morgan fingerprint density at radius 1 is 0.931 bits per heavy atom. The number of nitrogens with zero attached hydrogens (tertiary/aromatic N) is 2. The van der Waals surface area contributed by atoms with E-state index < -0.39 is 5.91 Å². The summed E-state index contributed by atoms with van der Waals surface area (Å²) in [4.78, 5) is 25.6. The molecule has 0 radical (unpaired) electrons. The van der Waals surface area contributed by atoms with Gasteiger partial charge in [-0.25, -0.2) is 0 Å². The molecular formula is C23H20N4O2. The number of aromatic amines is 1. The van der Waals surface area contributed by atoms with E-state index in [4.69, 9.17) is 0 Å². The number of fused-ring (bicyclic) bond motifs is 2. The Morgan fingerprint density at radius 3 is 2.48 bits per heavy atom. The maximum absolute atomic E-state index is 12.9. The minimum Gasteiger partial charge on any atom is -0.347 e. The average Bonchev–Trinajstić information content (AvgIpc) is 3.39. The first-order chi connectivity index (χ1) is 14.2. The van der Waals surface area contributed by atoms with Gasteiger partial charge in [0.25, 0.3) is 11.8 Å². The van der Waals surface area contributed by atoms with Crippen molar-refractivity contribution in [1.29, 1.82) is 0 Å². The number of nitrogens with one attached hydrogen (secondary N) is 2. The van der Waals surface area contributed by atoms with Crippen LogP contribution < -0.4 is 5.32 Å². The number of carbonyl (C=O) groups excluding carboxylic acids is 2. The molecule has 0 fully saturated rings. The third kappa shape index (κ3) is 2.68. The third-order valence-corrected chi connectivity index (χ3v) is 5.45. The lowest BCUT2D eigenvalue weighted by molar-refractivity contribution is -0.122. The smallest absolute Gasteiger partial charge is 0.261 e.